The lowest BCUT2D eigenvalue weighted by molar-refractivity contribution is -0.122. The molecule has 1 aromatic carbocycles. The summed E-state index contributed by atoms with van der Waals surface area (Å²) in [4.78, 5) is 21.5. The van der Waals surface area contributed by atoms with Crippen LogP contribution in [0.1, 0.15) is 31.9 Å². The molecule has 0 bridgehead atoms. The Morgan fingerprint density at radius 3 is 2.24 bits per heavy atom. The van der Waals surface area contributed by atoms with Gasteiger partial charge in [0.25, 0.3) is 0 Å². The third-order valence-electron chi connectivity index (χ3n) is 2.13. The van der Waals surface area contributed by atoms with Crippen LogP contribution in [0.3, 0.4) is 0 Å². The summed E-state index contributed by atoms with van der Waals surface area (Å²) in [7, 11) is 0. The number of amides is 1. The highest BCUT2D eigenvalue weighted by atomic mass is 16.2. The molecule has 0 aliphatic heterocycles. The van der Waals surface area contributed by atoms with Crippen molar-refractivity contribution >= 4 is 12.2 Å². The molecule has 1 atom stereocenters. The Morgan fingerprint density at radius 2 is 1.82 bits per heavy atom. The lowest BCUT2D eigenvalue weighted by Crippen LogP contribution is -2.35. The summed E-state index contributed by atoms with van der Waals surface area (Å²) in [5, 5.41) is 2.59. The van der Waals surface area contributed by atoms with Gasteiger partial charge in [-0.15, -0.1) is 0 Å². The van der Waals surface area contributed by atoms with E-state index in [0.717, 1.165) is 11.8 Å². The number of carbonyl (C=O) groups excluding carboxylic acids is 2. The summed E-state index contributed by atoms with van der Waals surface area (Å²) in [5.41, 5.74) is 2.23. The maximum Gasteiger partial charge on any atom is 0.217 e. The number of hydrogen-bond donors (Lipinski definition) is 1. The van der Waals surface area contributed by atoms with Gasteiger partial charge in [-0.2, -0.15) is 0 Å². The number of carbonyl (C=O) groups is 2. The largest absolute Gasteiger partial charge is 0.346 e. The van der Waals surface area contributed by atoms with E-state index in [2.05, 4.69) is 5.32 Å². The van der Waals surface area contributed by atoms with Gasteiger partial charge in [-0.3, -0.25) is 4.79 Å². The number of aryl methyl sites for hydroxylation is 1. The molecule has 0 spiro atoms. The van der Waals surface area contributed by atoms with Gasteiger partial charge in [0.2, 0.25) is 5.91 Å². The van der Waals surface area contributed by atoms with Crippen LogP contribution in [0.25, 0.3) is 0 Å². The number of nitrogens with one attached hydrogen (secondary N) is 1. The minimum Gasteiger partial charge on any atom is -0.346 e. The van der Waals surface area contributed by atoms with Gasteiger partial charge >= 0.3 is 0 Å². The Balaban J connectivity index is 0.00000121. The molecule has 0 saturated heterocycles. The average Bonchev–Trinajstić information content (AvgIpc) is 2.33. The van der Waals surface area contributed by atoms with Crippen LogP contribution in [-0.2, 0) is 16.0 Å². The summed E-state index contributed by atoms with van der Waals surface area (Å²) in [5.74, 6) is -0.181. The van der Waals surface area contributed by atoms with E-state index in [4.69, 9.17) is 0 Å². The van der Waals surface area contributed by atoms with Gasteiger partial charge < -0.3 is 10.1 Å². The van der Waals surface area contributed by atoms with E-state index in [1.807, 2.05) is 45.0 Å². The van der Waals surface area contributed by atoms with Gasteiger partial charge in [0.15, 0.2) is 0 Å². The zero-order valence-corrected chi connectivity index (χ0v) is 11.0. The molecule has 1 amide bonds. The highest BCUT2D eigenvalue weighted by Gasteiger charge is 2.08. The van der Waals surface area contributed by atoms with Crippen molar-refractivity contribution in [2.24, 2.45) is 0 Å². The number of benzene rings is 1. The summed E-state index contributed by atoms with van der Waals surface area (Å²) < 4.78 is 0. The lowest BCUT2D eigenvalue weighted by atomic mass is 10.1. The zero-order valence-electron chi connectivity index (χ0n) is 11.0. The maximum atomic E-state index is 10.8. The second kappa shape index (κ2) is 8.50. The molecule has 3 heteroatoms. The molecule has 0 aliphatic rings. The van der Waals surface area contributed by atoms with Crippen LogP contribution < -0.4 is 5.32 Å². The summed E-state index contributed by atoms with van der Waals surface area (Å²) in [6.07, 6.45) is 1.31. The van der Waals surface area contributed by atoms with Gasteiger partial charge in [0.1, 0.15) is 6.29 Å². The van der Waals surface area contributed by atoms with Crippen LogP contribution in [-0.4, -0.2) is 18.2 Å². The summed E-state index contributed by atoms with van der Waals surface area (Å²) >= 11 is 0. The Kier molecular flexibility index (Phi) is 7.68. The molecule has 0 aliphatic carbocycles. The fourth-order valence-electron chi connectivity index (χ4n) is 1.37. The van der Waals surface area contributed by atoms with E-state index in [-0.39, 0.29) is 5.91 Å². The SMILES string of the molecule is CC.CC(=O)N[C@H](C=O)Cc1ccc(C)cc1. The molecule has 3 nitrogen and oxygen atoms in total. The van der Waals surface area contributed by atoms with E-state index < -0.39 is 6.04 Å². The zero-order chi connectivity index (χ0) is 13.3. The van der Waals surface area contributed by atoms with Crippen molar-refractivity contribution in [1.82, 2.24) is 5.32 Å². The second-order valence-corrected chi connectivity index (χ2v) is 3.63. The van der Waals surface area contributed by atoms with Crippen molar-refractivity contribution in [2.45, 2.75) is 40.2 Å². The van der Waals surface area contributed by atoms with Gasteiger partial charge in [-0.05, 0) is 18.9 Å². The Labute approximate surface area is 103 Å². The molecular formula is C14H21NO2. The molecule has 0 heterocycles. The predicted octanol–water partition coefficient (Wildman–Crippen LogP) is 2.27. The Morgan fingerprint density at radius 1 is 1.29 bits per heavy atom. The van der Waals surface area contributed by atoms with Gasteiger partial charge in [0.05, 0.1) is 6.04 Å². The maximum absolute atomic E-state index is 10.8. The first-order valence-corrected chi connectivity index (χ1v) is 5.90. The van der Waals surface area contributed by atoms with E-state index >= 15 is 0 Å². The molecule has 94 valence electrons. The molecule has 17 heavy (non-hydrogen) atoms. The van der Waals surface area contributed by atoms with E-state index in [1.54, 1.807) is 0 Å². The van der Waals surface area contributed by atoms with Crippen LogP contribution in [0.15, 0.2) is 24.3 Å². The molecule has 1 rings (SSSR count). The standard InChI is InChI=1S/C12H15NO2.C2H6/c1-9-3-5-11(6-4-9)7-12(8-14)13-10(2)15;1-2/h3-6,8,12H,7H2,1-2H3,(H,13,15);1-2H3/t12-;/m0./s1. The van der Waals surface area contributed by atoms with Crippen LogP contribution in [0.5, 0.6) is 0 Å². The number of aldehydes is 1. The number of hydrogen-bond acceptors (Lipinski definition) is 2. The van der Waals surface area contributed by atoms with Crippen molar-refractivity contribution in [3.8, 4) is 0 Å². The molecule has 1 N–H and O–H groups in total. The van der Waals surface area contributed by atoms with Crippen molar-refractivity contribution in [3.05, 3.63) is 35.4 Å². The van der Waals surface area contributed by atoms with E-state index in [1.165, 1.54) is 12.5 Å². The fourth-order valence-corrected chi connectivity index (χ4v) is 1.37. The van der Waals surface area contributed by atoms with E-state index in [0.29, 0.717) is 6.42 Å². The molecule has 0 unspecified atom stereocenters. The molecule has 0 radical (unpaired) electrons. The normalized spacial score (nSPS) is 10.8. The second-order valence-electron chi connectivity index (χ2n) is 3.63. The first kappa shape index (κ1) is 15.4. The minimum absolute atomic E-state index is 0.181. The first-order valence-electron chi connectivity index (χ1n) is 5.90. The molecule has 0 saturated carbocycles. The third-order valence-corrected chi connectivity index (χ3v) is 2.13. The Hall–Kier alpha value is -1.64. The summed E-state index contributed by atoms with van der Waals surface area (Å²) in [6.45, 7) is 7.42. The van der Waals surface area contributed by atoms with E-state index in [9.17, 15) is 9.59 Å². The monoisotopic (exact) mass is 235 g/mol. The summed E-state index contributed by atoms with van der Waals surface area (Å²) in [6, 6.07) is 7.49. The molecule has 1 aromatic rings. The highest BCUT2D eigenvalue weighted by Crippen LogP contribution is 2.05. The van der Waals surface area contributed by atoms with Crippen molar-refractivity contribution < 1.29 is 9.59 Å². The van der Waals surface area contributed by atoms with Crippen molar-refractivity contribution in [3.63, 3.8) is 0 Å². The quantitative estimate of drug-likeness (QED) is 0.814. The first-order chi connectivity index (χ1) is 8.11. The van der Waals surface area contributed by atoms with Crippen LogP contribution in [0, 0.1) is 6.92 Å². The predicted molar refractivity (Wildman–Crippen MR) is 69.9 cm³/mol. The minimum atomic E-state index is -0.426. The van der Waals surface area contributed by atoms with Crippen molar-refractivity contribution in [1.29, 1.82) is 0 Å². The van der Waals surface area contributed by atoms with Gasteiger partial charge in [-0.25, -0.2) is 0 Å². The lowest BCUT2D eigenvalue weighted by Gasteiger charge is -2.11. The smallest absolute Gasteiger partial charge is 0.217 e. The van der Waals surface area contributed by atoms with Gasteiger partial charge in [-0.1, -0.05) is 43.7 Å². The van der Waals surface area contributed by atoms with Crippen LogP contribution in [0.4, 0.5) is 0 Å². The van der Waals surface area contributed by atoms with Crippen molar-refractivity contribution in [2.75, 3.05) is 0 Å². The molecule has 0 fully saturated rings. The molecular weight excluding hydrogens is 214 g/mol. The molecule has 0 aromatic heterocycles. The van der Waals surface area contributed by atoms with Crippen LogP contribution >= 0.6 is 0 Å². The number of rotatable bonds is 4. The van der Waals surface area contributed by atoms with Crippen LogP contribution in [0.2, 0.25) is 0 Å². The highest BCUT2D eigenvalue weighted by molar-refractivity contribution is 5.77. The van der Waals surface area contributed by atoms with Gasteiger partial charge in [0, 0.05) is 6.92 Å². The topological polar surface area (TPSA) is 46.2 Å². The fraction of sp³-hybridized carbons (Fsp3) is 0.429. The Bertz CT molecular complexity index is 344. The average molecular weight is 235 g/mol. The third kappa shape index (κ3) is 6.51.